The molecule has 1 aromatic heterocycles. The van der Waals surface area contributed by atoms with Crippen molar-refractivity contribution in [3.8, 4) is 5.88 Å². The van der Waals surface area contributed by atoms with Crippen LogP contribution in [0.2, 0.25) is 5.02 Å². The molecule has 1 heterocycles. The van der Waals surface area contributed by atoms with Gasteiger partial charge in [0.05, 0.1) is 0 Å². The molecule has 0 spiro atoms. The Morgan fingerprint density at radius 1 is 1.24 bits per heavy atom. The summed E-state index contributed by atoms with van der Waals surface area (Å²) >= 11 is 6.13. The maximum absolute atomic E-state index is 6.13. The molecule has 21 heavy (non-hydrogen) atoms. The summed E-state index contributed by atoms with van der Waals surface area (Å²) in [5.41, 5.74) is 0.939. The van der Waals surface area contributed by atoms with E-state index < -0.39 is 0 Å². The molecule has 1 aromatic carbocycles. The molecule has 0 bridgehead atoms. The lowest BCUT2D eigenvalue weighted by molar-refractivity contribution is 0.292. The predicted octanol–water partition coefficient (Wildman–Crippen LogP) is 4.26. The largest absolute Gasteiger partial charge is 0.473 e. The lowest BCUT2D eigenvalue weighted by Crippen LogP contribution is -2.07. The summed E-state index contributed by atoms with van der Waals surface area (Å²) in [5.74, 6) is 2.35. The summed E-state index contributed by atoms with van der Waals surface area (Å²) in [4.78, 5) is 8.91. The highest BCUT2D eigenvalue weighted by molar-refractivity contribution is 6.31. The Morgan fingerprint density at radius 2 is 2.00 bits per heavy atom. The fourth-order valence-corrected chi connectivity index (χ4v) is 2.00. The number of nitrogens with zero attached hydrogens (tertiary/aromatic N) is 2. The summed E-state index contributed by atoms with van der Waals surface area (Å²) in [6, 6.07) is 9.44. The SMILES string of the molecule is CCNc1cc(OCc2ccccc2Cl)nc(C(C)C)n1. The van der Waals surface area contributed by atoms with E-state index in [1.165, 1.54) is 0 Å². The summed E-state index contributed by atoms with van der Waals surface area (Å²) in [5, 5.41) is 3.89. The first-order valence-electron chi connectivity index (χ1n) is 7.09. The second-order valence-electron chi connectivity index (χ2n) is 5.01. The minimum atomic E-state index is 0.242. The highest BCUT2D eigenvalue weighted by atomic mass is 35.5. The van der Waals surface area contributed by atoms with Gasteiger partial charge in [0.15, 0.2) is 0 Å². The van der Waals surface area contributed by atoms with Crippen molar-refractivity contribution in [3.63, 3.8) is 0 Å². The lowest BCUT2D eigenvalue weighted by atomic mass is 10.2. The first kappa shape index (κ1) is 15.6. The van der Waals surface area contributed by atoms with Crippen LogP contribution in [-0.4, -0.2) is 16.5 Å². The Morgan fingerprint density at radius 3 is 2.67 bits per heavy atom. The van der Waals surface area contributed by atoms with E-state index in [0.717, 1.165) is 23.8 Å². The quantitative estimate of drug-likeness (QED) is 0.866. The molecule has 0 saturated carbocycles. The number of hydrogen-bond donors (Lipinski definition) is 1. The average Bonchev–Trinajstić information content (AvgIpc) is 2.46. The summed E-state index contributed by atoms with van der Waals surface area (Å²) in [6.45, 7) is 7.34. The second kappa shape index (κ2) is 7.27. The molecule has 2 rings (SSSR count). The average molecular weight is 306 g/mol. The Labute approximate surface area is 130 Å². The molecule has 0 aliphatic heterocycles. The van der Waals surface area contributed by atoms with Crippen molar-refractivity contribution < 1.29 is 4.74 Å². The predicted molar refractivity (Wildman–Crippen MR) is 86.1 cm³/mol. The molecule has 0 atom stereocenters. The molecule has 112 valence electrons. The zero-order valence-corrected chi connectivity index (χ0v) is 13.3. The zero-order chi connectivity index (χ0) is 15.2. The number of hydrogen-bond acceptors (Lipinski definition) is 4. The first-order valence-corrected chi connectivity index (χ1v) is 7.47. The number of anilines is 1. The van der Waals surface area contributed by atoms with Crippen LogP contribution >= 0.6 is 11.6 Å². The zero-order valence-electron chi connectivity index (χ0n) is 12.6. The third kappa shape index (κ3) is 4.33. The fraction of sp³-hybridized carbons (Fsp3) is 0.375. The highest BCUT2D eigenvalue weighted by Crippen LogP contribution is 2.21. The standard InChI is InChI=1S/C16H20ClN3O/c1-4-18-14-9-15(20-16(19-14)11(2)3)21-10-12-7-5-6-8-13(12)17/h5-9,11H,4,10H2,1-3H3,(H,18,19,20). The maximum Gasteiger partial charge on any atom is 0.219 e. The third-order valence-electron chi connectivity index (χ3n) is 2.93. The number of ether oxygens (including phenoxy) is 1. The number of halogens is 1. The van der Waals surface area contributed by atoms with Gasteiger partial charge in [0.1, 0.15) is 18.2 Å². The van der Waals surface area contributed by atoms with Gasteiger partial charge in [0, 0.05) is 29.1 Å². The van der Waals surface area contributed by atoms with Crippen LogP contribution in [0.4, 0.5) is 5.82 Å². The van der Waals surface area contributed by atoms with Gasteiger partial charge in [-0.3, -0.25) is 0 Å². The number of benzene rings is 1. The molecule has 4 nitrogen and oxygen atoms in total. The smallest absolute Gasteiger partial charge is 0.219 e. The van der Waals surface area contributed by atoms with Crippen LogP contribution in [0.5, 0.6) is 5.88 Å². The van der Waals surface area contributed by atoms with Crippen LogP contribution in [0.1, 0.15) is 38.1 Å². The Bertz CT molecular complexity index is 602. The molecular formula is C16H20ClN3O. The van der Waals surface area contributed by atoms with Gasteiger partial charge in [0.2, 0.25) is 5.88 Å². The third-order valence-corrected chi connectivity index (χ3v) is 3.30. The van der Waals surface area contributed by atoms with E-state index in [2.05, 4.69) is 29.1 Å². The van der Waals surface area contributed by atoms with Crippen LogP contribution in [0.15, 0.2) is 30.3 Å². The van der Waals surface area contributed by atoms with E-state index in [1.807, 2.05) is 37.3 Å². The topological polar surface area (TPSA) is 47.0 Å². The van der Waals surface area contributed by atoms with Gasteiger partial charge in [0.25, 0.3) is 0 Å². The van der Waals surface area contributed by atoms with Crippen molar-refractivity contribution >= 4 is 17.4 Å². The van der Waals surface area contributed by atoms with E-state index in [-0.39, 0.29) is 5.92 Å². The van der Waals surface area contributed by atoms with Crippen molar-refractivity contribution in [1.29, 1.82) is 0 Å². The van der Waals surface area contributed by atoms with E-state index in [0.29, 0.717) is 17.5 Å². The van der Waals surface area contributed by atoms with Crippen LogP contribution in [0, 0.1) is 0 Å². The first-order chi connectivity index (χ1) is 10.1. The number of rotatable bonds is 6. The summed E-state index contributed by atoms with van der Waals surface area (Å²) < 4.78 is 5.78. The Kier molecular flexibility index (Phi) is 5.39. The van der Waals surface area contributed by atoms with Gasteiger partial charge in [-0.25, -0.2) is 4.98 Å². The molecule has 0 radical (unpaired) electrons. The van der Waals surface area contributed by atoms with Gasteiger partial charge >= 0.3 is 0 Å². The number of aromatic nitrogens is 2. The summed E-state index contributed by atoms with van der Waals surface area (Å²) in [6.07, 6.45) is 0. The molecule has 0 aliphatic rings. The monoisotopic (exact) mass is 305 g/mol. The van der Waals surface area contributed by atoms with Crippen LogP contribution in [0.3, 0.4) is 0 Å². The van der Waals surface area contributed by atoms with Gasteiger partial charge in [-0.2, -0.15) is 4.98 Å². The second-order valence-corrected chi connectivity index (χ2v) is 5.42. The van der Waals surface area contributed by atoms with E-state index in [1.54, 1.807) is 0 Å². The fourth-order valence-electron chi connectivity index (χ4n) is 1.81. The van der Waals surface area contributed by atoms with Gasteiger partial charge in [-0.05, 0) is 13.0 Å². The van der Waals surface area contributed by atoms with E-state index in [9.17, 15) is 0 Å². The normalized spacial score (nSPS) is 10.7. The van der Waals surface area contributed by atoms with Crippen molar-refractivity contribution in [2.24, 2.45) is 0 Å². The maximum atomic E-state index is 6.13. The molecule has 0 amide bonds. The Balaban J connectivity index is 2.17. The minimum Gasteiger partial charge on any atom is -0.473 e. The molecule has 0 aliphatic carbocycles. The van der Waals surface area contributed by atoms with Gasteiger partial charge in [-0.15, -0.1) is 0 Å². The lowest BCUT2D eigenvalue weighted by Gasteiger charge is -2.12. The van der Waals surface area contributed by atoms with Crippen molar-refractivity contribution in [3.05, 3.63) is 46.7 Å². The molecule has 1 N–H and O–H groups in total. The molecule has 0 fully saturated rings. The van der Waals surface area contributed by atoms with Crippen LogP contribution in [0.25, 0.3) is 0 Å². The van der Waals surface area contributed by atoms with Crippen molar-refractivity contribution in [2.75, 3.05) is 11.9 Å². The van der Waals surface area contributed by atoms with Crippen LogP contribution in [-0.2, 0) is 6.61 Å². The highest BCUT2D eigenvalue weighted by Gasteiger charge is 2.09. The van der Waals surface area contributed by atoms with Gasteiger partial charge in [-0.1, -0.05) is 43.6 Å². The summed E-state index contributed by atoms with van der Waals surface area (Å²) in [7, 11) is 0. The van der Waals surface area contributed by atoms with E-state index in [4.69, 9.17) is 16.3 Å². The Hall–Kier alpha value is -1.81. The number of nitrogens with one attached hydrogen (secondary N) is 1. The molecular weight excluding hydrogens is 286 g/mol. The molecule has 0 saturated heterocycles. The van der Waals surface area contributed by atoms with E-state index >= 15 is 0 Å². The van der Waals surface area contributed by atoms with Crippen molar-refractivity contribution in [2.45, 2.75) is 33.3 Å². The van der Waals surface area contributed by atoms with Crippen LogP contribution < -0.4 is 10.1 Å². The minimum absolute atomic E-state index is 0.242. The van der Waals surface area contributed by atoms with Crippen molar-refractivity contribution in [1.82, 2.24) is 9.97 Å². The molecule has 0 unspecified atom stereocenters. The van der Waals surface area contributed by atoms with Gasteiger partial charge < -0.3 is 10.1 Å². The molecule has 2 aromatic rings. The molecule has 5 heteroatoms.